The molecule has 92 valence electrons. The van der Waals surface area contributed by atoms with Gasteiger partial charge in [0.05, 0.1) is 6.61 Å². The molecule has 0 saturated carbocycles. The molecule has 0 atom stereocenters. The first-order valence-corrected chi connectivity index (χ1v) is 6.86. The van der Waals surface area contributed by atoms with E-state index in [0.29, 0.717) is 6.61 Å². The highest BCUT2D eigenvalue weighted by molar-refractivity contribution is 9.08. The molecule has 0 aliphatic heterocycles. The molecule has 0 amide bonds. The fourth-order valence-electron chi connectivity index (χ4n) is 1.54. The molecule has 1 aromatic rings. The van der Waals surface area contributed by atoms with E-state index < -0.39 is 0 Å². The maximum absolute atomic E-state index is 11.1. The normalized spacial score (nSPS) is 10.7. The average molecular weight is 297 g/mol. The number of ether oxygens (including phenoxy) is 1. The van der Waals surface area contributed by atoms with E-state index in [0.717, 1.165) is 18.2 Å². The molecule has 0 heterocycles. The van der Waals surface area contributed by atoms with Crippen LogP contribution in [0.5, 0.6) is 0 Å². The van der Waals surface area contributed by atoms with Gasteiger partial charge in [0.15, 0.2) is 0 Å². The zero-order valence-electron chi connectivity index (χ0n) is 9.99. The number of hydrogen-bond acceptors (Lipinski definition) is 2. The van der Waals surface area contributed by atoms with Gasteiger partial charge < -0.3 is 4.74 Å². The molecule has 0 saturated heterocycles. The molecule has 17 heavy (non-hydrogen) atoms. The first kappa shape index (κ1) is 14.0. The number of carbonyl (C=O) groups is 1. The van der Waals surface area contributed by atoms with Gasteiger partial charge in [-0.25, -0.2) is 4.79 Å². The Morgan fingerprint density at radius 1 is 1.35 bits per heavy atom. The lowest BCUT2D eigenvalue weighted by Crippen LogP contribution is -1.99. The summed E-state index contributed by atoms with van der Waals surface area (Å²) < 4.78 is 4.81. The van der Waals surface area contributed by atoms with Gasteiger partial charge in [-0.2, -0.15) is 0 Å². The van der Waals surface area contributed by atoms with E-state index in [1.807, 2.05) is 18.2 Å². The Morgan fingerprint density at radius 3 is 2.71 bits per heavy atom. The number of esters is 1. The Morgan fingerprint density at radius 2 is 2.06 bits per heavy atom. The van der Waals surface area contributed by atoms with E-state index >= 15 is 0 Å². The van der Waals surface area contributed by atoms with Gasteiger partial charge in [0.1, 0.15) is 0 Å². The first-order chi connectivity index (χ1) is 8.27. The molecule has 0 aromatic heterocycles. The van der Waals surface area contributed by atoms with Crippen molar-refractivity contribution in [1.82, 2.24) is 0 Å². The van der Waals surface area contributed by atoms with E-state index in [-0.39, 0.29) is 5.97 Å². The molecular formula is C14H17BrO2. The zero-order valence-corrected chi connectivity index (χ0v) is 11.6. The van der Waals surface area contributed by atoms with Crippen LogP contribution in [-0.4, -0.2) is 12.6 Å². The number of carbonyl (C=O) groups excluding carboxylic acids is 1. The number of allylic oxidation sites excluding steroid dienone is 1. The average Bonchev–Trinajstić information content (AvgIpc) is 2.35. The molecule has 2 nitrogen and oxygen atoms in total. The fourth-order valence-corrected chi connectivity index (χ4v) is 2.09. The van der Waals surface area contributed by atoms with Crippen LogP contribution < -0.4 is 0 Å². The summed E-state index contributed by atoms with van der Waals surface area (Å²) >= 11 is 3.47. The minimum Gasteiger partial charge on any atom is -0.463 e. The van der Waals surface area contributed by atoms with Gasteiger partial charge in [-0.1, -0.05) is 46.3 Å². The van der Waals surface area contributed by atoms with Crippen molar-refractivity contribution in [3.05, 3.63) is 47.5 Å². The lowest BCUT2D eigenvalue weighted by Gasteiger charge is -2.04. The molecule has 3 heteroatoms. The van der Waals surface area contributed by atoms with Crippen molar-refractivity contribution in [2.75, 3.05) is 6.61 Å². The molecule has 0 bridgehead atoms. The highest BCUT2D eigenvalue weighted by atomic mass is 79.9. The van der Waals surface area contributed by atoms with Gasteiger partial charge in [0.2, 0.25) is 0 Å². The Hall–Kier alpha value is -1.09. The molecule has 0 aliphatic rings. The number of hydrogen-bond donors (Lipinski definition) is 0. The SMILES string of the molecule is CCOC(=O)/C=C/CCc1ccccc1CBr. The quantitative estimate of drug-likeness (QED) is 0.455. The topological polar surface area (TPSA) is 26.3 Å². The van der Waals surface area contributed by atoms with Crippen LogP contribution in [0.2, 0.25) is 0 Å². The Labute approximate surface area is 111 Å². The van der Waals surface area contributed by atoms with Crippen molar-refractivity contribution in [2.45, 2.75) is 25.1 Å². The Bertz CT molecular complexity index is 386. The van der Waals surface area contributed by atoms with E-state index in [1.54, 1.807) is 6.92 Å². The van der Waals surface area contributed by atoms with Gasteiger partial charge in [0, 0.05) is 11.4 Å². The third kappa shape index (κ3) is 5.18. The second kappa shape index (κ2) is 8.07. The van der Waals surface area contributed by atoms with Crippen molar-refractivity contribution < 1.29 is 9.53 Å². The van der Waals surface area contributed by atoms with E-state index in [2.05, 4.69) is 28.1 Å². The molecule has 1 aromatic carbocycles. The highest BCUT2D eigenvalue weighted by Gasteiger charge is 1.99. The van der Waals surface area contributed by atoms with Crippen molar-refractivity contribution in [2.24, 2.45) is 0 Å². The fraction of sp³-hybridized carbons (Fsp3) is 0.357. The van der Waals surface area contributed by atoms with Crippen LogP contribution in [0.15, 0.2) is 36.4 Å². The highest BCUT2D eigenvalue weighted by Crippen LogP contribution is 2.14. The summed E-state index contributed by atoms with van der Waals surface area (Å²) in [6.07, 6.45) is 5.16. The molecular weight excluding hydrogens is 280 g/mol. The molecule has 0 aliphatic carbocycles. The number of rotatable bonds is 6. The van der Waals surface area contributed by atoms with Gasteiger partial charge in [0.25, 0.3) is 0 Å². The summed E-state index contributed by atoms with van der Waals surface area (Å²) in [7, 11) is 0. The van der Waals surface area contributed by atoms with Crippen LogP contribution in [0.25, 0.3) is 0 Å². The molecule has 0 N–H and O–H groups in total. The molecule has 0 radical (unpaired) electrons. The van der Waals surface area contributed by atoms with Crippen molar-refractivity contribution in [1.29, 1.82) is 0 Å². The summed E-state index contributed by atoms with van der Waals surface area (Å²) in [4.78, 5) is 11.1. The number of aryl methyl sites for hydroxylation is 1. The van der Waals surface area contributed by atoms with Crippen molar-refractivity contribution in [3.63, 3.8) is 0 Å². The minimum absolute atomic E-state index is 0.263. The van der Waals surface area contributed by atoms with E-state index in [1.165, 1.54) is 17.2 Å². The lowest BCUT2D eigenvalue weighted by atomic mass is 10.0. The third-order valence-electron chi connectivity index (χ3n) is 2.38. The van der Waals surface area contributed by atoms with Gasteiger partial charge in [-0.05, 0) is 30.9 Å². The number of halogens is 1. The van der Waals surface area contributed by atoms with Crippen LogP contribution in [0.3, 0.4) is 0 Å². The molecule has 0 fully saturated rings. The zero-order chi connectivity index (χ0) is 12.5. The van der Waals surface area contributed by atoms with Gasteiger partial charge >= 0.3 is 5.97 Å². The van der Waals surface area contributed by atoms with Crippen molar-refractivity contribution in [3.8, 4) is 0 Å². The van der Waals surface area contributed by atoms with Gasteiger partial charge in [-0.3, -0.25) is 0 Å². The van der Waals surface area contributed by atoms with E-state index in [4.69, 9.17) is 4.74 Å². The van der Waals surface area contributed by atoms with E-state index in [9.17, 15) is 4.79 Å². The lowest BCUT2D eigenvalue weighted by molar-refractivity contribution is -0.137. The predicted octanol–water partition coefficient (Wildman–Crippen LogP) is 3.63. The Balaban J connectivity index is 2.43. The second-order valence-corrected chi connectivity index (χ2v) is 4.16. The number of benzene rings is 1. The number of alkyl halides is 1. The van der Waals surface area contributed by atoms with Crippen LogP contribution in [-0.2, 0) is 21.3 Å². The molecule has 0 unspecified atom stereocenters. The summed E-state index contributed by atoms with van der Waals surface area (Å²) in [6.45, 7) is 2.23. The van der Waals surface area contributed by atoms with Gasteiger partial charge in [-0.15, -0.1) is 0 Å². The largest absolute Gasteiger partial charge is 0.463 e. The first-order valence-electron chi connectivity index (χ1n) is 5.74. The summed E-state index contributed by atoms with van der Waals surface area (Å²) in [6, 6.07) is 8.30. The Kier molecular flexibility index (Phi) is 6.63. The summed E-state index contributed by atoms with van der Waals surface area (Å²) in [5.41, 5.74) is 2.62. The minimum atomic E-state index is -0.263. The predicted molar refractivity (Wildman–Crippen MR) is 73.2 cm³/mol. The third-order valence-corrected chi connectivity index (χ3v) is 2.99. The van der Waals surface area contributed by atoms with Crippen LogP contribution in [0, 0.1) is 0 Å². The van der Waals surface area contributed by atoms with Crippen LogP contribution in [0.4, 0.5) is 0 Å². The summed E-state index contributed by atoms with van der Waals surface area (Å²) in [5.74, 6) is -0.263. The molecule has 0 spiro atoms. The van der Waals surface area contributed by atoms with Crippen LogP contribution >= 0.6 is 15.9 Å². The second-order valence-electron chi connectivity index (χ2n) is 3.60. The monoisotopic (exact) mass is 296 g/mol. The standard InChI is InChI=1S/C14H17BrO2/c1-2-17-14(16)10-6-5-8-12-7-3-4-9-13(12)11-15/h3-4,6-7,9-10H,2,5,8,11H2,1H3/b10-6+. The maximum Gasteiger partial charge on any atom is 0.330 e. The van der Waals surface area contributed by atoms with Crippen molar-refractivity contribution >= 4 is 21.9 Å². The van der Waals surface area contributed by atoms with Crippen LogP contribution in [0.1, 0.15) is 24.5 Å². The molecule has 1 rings (SSSR count). The summed E-state index contributed by atoms with van der Waals surface area (Å²) in [5, 5.41) is 0.866. The smallest absolute Gasteiger partial charge is 0.330 e. The maximum atomic E-state index is 11.1.